The van der Waals surface area contributed by atoms with Gasteiger partial charge in [0, 0.05) is 118 Å². The van der Waals surface area contributed by atoms with Crippen LogP contribution in [0.2, 0.25) is 0 Å². The number of fused-ring (bicyclic) bond motifs is 1. The van der Waals surface area contributed by atoms with Gasteiger partial charge in [-0.15, -0.1) is 0 Å². The number of carbonyl (C=O) groups excluding carboxylic acids is 3. The van der Waals surface area contributed by atoms with Gasteiger partial charge in [0.25, 0.3) is 0 Å². The van der Waals surface area contributed by atoms with E-state index >= 15 is 4.39 Å². The molecule has 0 aliphatic carbocycles. The molecule has 15 nitrogen and oxygen atoms in total. The Balaban J connectivity index is 0.712. The molecule has 3 amide bonds. The second-order valence-electron chi connectivity index (χ2n) is 18.4. The molecular weight excluding hydrogens is 879 g/mol. The molecule has 4 saturated heterocycles. The maximum Gasteiger partial charge on any atom is 0.249 e. The van der Waals surface area contributed by atoms with Gasteiger partial charge in [0.05, 0.1) is 30.0 Å². The molecule has 69 heavy (non-hydrogen) atoms. The molecule has 17 heteroatoms. The first-order valence-electron chi connectivity index (χ1n) is 23.8. The zero-order chi connectivity index (χ0) is 47.4. The van der Waals surface area contributed by atoms with Gasteiger partial charge in [-0.1, -0.05) is 18.2 Å². The van der Waals surface area contributed by atoms with Crippen molar-refractivity contribution in [3.05, 3.63) is 126 Å². The fraction of sp³-hybridized carbons (Fsp3) is 0.365. The summed E-state index contributed by atoms with van der Waals surface area (Å²) in [5.41, 5.74) is 8.07. The molecule has 2 aromatic carbocycles. The van der Waals surface area contributed by atoms with Crippen LogP contribution in [0.25, 0.3) is 27.8 Å². The Morgan fingerprint density at radius 2 is 1.54 bits per heavy atom. The predicted molar refractivity (Wildman–Crippen MR) is 259 cm³/mol. The second-order valence-corrected chi connectivity index (χ2v) is 18.4. The monoisotopic (exact) mass is 932 g/mol. The normalized spacial score (nSPS) is 18.6. The topological polar surface area (TPSA) is 158 Å². The third-order valence-electron chi connectivity index (χ3n) is 14.1. The lowest BCUT2D eigenvalue weighted by atomic mass is 9.89. The zero-order valence-corrected chi connectivity index (χ0v) is 38.4. The number of hydrogen-bond acceptors (Lipinski definition) is 12. The van der Waals surface area contributed by atoms with Crippen LogP contribution in [-0.2, 0) is 20.8 Å². The van der Waals surface area contributed by atoms with Crippen molar-refractivity contribution in [2.75, 3.05) is 93.7 Å². The number of imide groups is 1. The Hall–Kier alpha value is -7.29. The SMILES string of the molecule is N#Cc1cnn2cc(-c3ccc(N4CCN(C(=O)CN5CCC(c6ccc(NC7CCC(=O)NC7=O)cc6F)CC5)CC4)cc3)cc(-c3ccc(N4CCN(CCc5ccc(F)cn5)CC4)nc3)c12. The summed E-state index contributed by atoms with van der Waals surface area (Å²) in [7, 11) is 0. The maximum atomic E-state index is 15.3. The van der Waals surface area contributed by atoms with Gasteiger partial charge in [0.2, 0.25) is 17.7 Å². The van der Waals surface area contributed by atoms with Gasteiger partial charge in [-0.25, -0.2) is 18.3 Å². The van der Waals surface area contributed by atoms with Gasteiger partial charge in [0.1, 0.15) is 29.6 Å². The molecule has 4 aliphatic heterocycles. The van der Waals surface area contributed by atoms with Crippen LogP contribution >= 0.6 is 0 Å². The van der Waals surface area contributed by atoms with Gasteiger partial charge >= 0.3 is 0 Å². The van der Waals surface area contributed by atoms with E-state index in [9.17, 15) is 24.0 Å². The van der Waals surface area contributed by atoms with Crippen molar-refractivity contribution in [3.8, 4) is 28.3 Å². The molecule has 4 aliphatic rings. The average molecular weight is 933 g/mol. The van der Waals surface area contributed by atoms with Crippen molar-refractivity contribution >= 4 is 40.4 Å². The van der Waals surface area contributed by atoms with E-state index in [2.05, 4.69) is 82.8 Å². The largest absolute Gasteiger partial charge is 0.374 e. The first kappa shape index (κ1) is 45.5. The molecule has 1 atom stereocenters. The molecule has 4 fully saturated rings. The minimum Gasteiger partial charge on any atom is -0.374 e. The molecule has 0 spiro atoms. The number of piperazine rings is 2. The molecule has 4 aromatic heterocycles. The highest BCUT2D eigenvalue weighted by molar-refractivity contribution is 6.01. The van der Waals surface area contributed by atoms with E-state index in [1.807, 2.05) is 23.4 Å². The number of pyridine rings is 3. The molecule has 0 saturated carbocycles. The fourth-order valence-corrected chi connectivity index (χ4v) is 10.1. The number of piperidine rings is 2. The third kappa shape index (κ3) is 10.3. The van der Waals surface area contributed by atoms with Crippen LogP contribution in [0.5, 0.6) is 0 Å². The Labute approximate surface area is 399 Å². The summed E-state index contributed by atoms with van der Waals surface area (Å²) in [6, 6.07) is 24.6. The number of nitriles is 1. The lowest BCUT2D eigenvalue weighted by Crippen LogP contribution is -2.51. The van der Waals surface area contributed by atoms with Gasteiger partial charge < -0.3 is 20.0 Å². The molecule has 6 aromatic rings. The Morgan fingerprint density at radius 1 is 0.768 bits per heavy atom. The number of anilines is 3. The Morgan fingerprint density at radius 3 is 2.23 bits per heavy atom. The molecule has 0 radical (unpaired) electrons. The molecule has 8 heterocycles. The van der Waals surface area contributed by atoms with Crippen LogP contribution in [0.1, 0.15) is 48.4 Å². The molecule has 354 valence electrons. The van der Waals surface area contributed by atoms with Crippen LogP contribution in [0.4, 0.5) is 26.0 Å². The fourth-order valence-electron chi connectivity index (χ4n) is 10.1. The number of benzene rings is 2. The summed E-state index contributed by atoms with van der Waals surface area (Å²) in [6.45, 7) is 8.78. The Kier molecular flexibility index (Phi) is 13.3. The van der Waals surface area contributed by atoms with Crippen LogP contribution in [0, 0.1) is 23.0 Å². The predicted octanol–water partition coefficient (Wildman–Crippen LogP) is 5.72. The van der Waals surface area contributed by atoms with E-state index in [0.29, 0.717) is 56.0 Å². The van der Waals surface area contributed by atoms with Crippen molar-refractivity contribution in [1.29, 1.82) is 5.26 Å². The maximum absolute atomic E-state index is 15.3. The lowest BCUT2D eigenvalue weighted by Gasteiger charge is -2.38. The first-order valence-corrected chi connectivity index (χ1v) is 23.8. The number of carbonyl (C=O) groups is 3. The van der Waals surface area contributed by atoms with Crippen molar-refractivity contribution in [1.82, 2.24) is 39.6 Å². The summed E-state index contributed by atoms with van der Waals surface area (Å²) in [6.07, 6.45) is 9.59. The van der Waals surface area contributed by atoms with E-state index in [1.54, 1.807) is 28.9 Å². The van der Waals surface area contributed by atoms with E-state index in [0.717, 1.165) is 110 Å². The molecule has 0 bridgehead atoms. The number of rotatable bonds is 12. The minimum atomic E-state index is -0.572. The van der Waals surface area contributed by atoms with Crippen molar-refractivity contribution in [3.63, 3.8) is 0 Å². The molecule has 10 rings (SSSR count). The molecule has 1 unspecified atom stereocenters. The Bertz CT molecular complexity index is 2860. The average Bonchev–Trinajstić information content (AvgIpc) is 3.81. The van der Waals surface area contributed by atoms with E-state index in [4.69, 9.17) is 4.98 Å². The lowest BCUT2D eigenvalue weighted by molar-refractivity contribution is -0.134. The zero-order valence-electron chi connectivity index (χ0n) is 38.4. The summed E-state index contributed by atoms with van der Waals surface area (Å²) in [5, 5.41) is 19.9. The first-order chi connectivity index (χ1) is 33.6. The number of aromatic nitrogens is 4. The van der Waals surface area contributed by atoms with Crippen molar-refractivity contribution < 1.29 is 23.2 Å². The minimum absolute atomic E-state index is 0.0444. The van der Waals surface area contributed by atoms with E-state index in [-0.39, 0.29) is 35.8 Å². The van der Waals surface area contributed by atoms with E-state index in [1.165, 1.54) is 18.3 Å². The quantitative estimate of drug-likeness (QED) is 0.144. The highest BCUT2D eigenvalue weighted by atomic mass is 19.1. The smallest absolute Gasteiger partial charge is 0.249 e. The number of amides is 3. The van der Waals surface area contributed by atoms with Crippen LogP contribution < -0.4 is 20.4 Å². The summed E-state index contributed by atoms with van der Waals surface area (Å²) in [5.74, 6) is -0.265. The third-order valence-corrected chi connectivity index (χ3v) is 14.1. The van der Waals surface area contributed by atoms with Crippen molar-refractivity contribution in [2.24, 2.45) is 0 Å². The van der Waals surface area contributed by atoms with E-state index < -0.39 is 11.9 Å². The van der Waals surface area contributed by atoms with Gasteiger partial charge in [-0.2, -0.15) is 10.4 Å². The number of hydrogen-bond donors (Lipinski definition) is 2. The summed E-state index contributed by atoms with van der Waals surface area (Å²) in [4.78, 5) is 57.3. The van der Waals surface area contributed by atoms with Gasteiger partial charge in [-0.3, -0.25) is 34.5 Å². The second kappa shape index (κ2) is 20.1. The van der Waals surface area contributed by atoms with Crippen LogP contribution in [0.3, 0.4) is 0 Å². The van der Waals surface area contributed by atoms with Crippen molar-refractivity contribution in [2.45, 2.75) is 44.1 Å². The number of nitrogens with zero attached hydrogens (tertiary/aromatic N) is 10. The van der Waals surface area contributed by atoms with Crippen LogP contribution in [-0.4, -0.2) is 137 Å². The van der Waals surface area contributed by atoms with Gasteiger partial charge in [0.15, 0.2) is 0 Å². The number of likely N-dealkylation sites (tertiary alicyclic amines) is 1. The molecule has 2 N–H and O–H groups in total. The summed E-state index contributed by atoms with van der Waals surface area (Å²) >= 11 is 0. The summed E-state index contributed by atoms with van der Waals surface area (Å²) < 4.78 is 30.3. The van der Waals surface area contributed by atoms with Crippen LogP contribution in [0.15, 0.2) is 97.6 Å². The molecular formula is C52H54F2N12O3. The number of halogens is 2. The highest BCUT2D eigenvalue weighted by Crippen LogP contribution is 2.35. The highest BCUT2D eigenvalue weighted by Gasteiger charge is 2.30. The standard InChI is InChI=1S/C52H54F2N12O3/c53-40-4-5-41(56-32-40)15-18-61-19-21-64(22-20-61)48-11-3-37(30-57-48)45-27-38(33-66-51(45)39(29-55)31-58-66)35-1-7-43(8-2-35)63-23-25-65(26-24-63)50(68)34-62-16-13-36(14-17-62)44-9-6-42(28-46(44)54)59-47-10-12-49(67)60-52(47)69/h1-9,11,27-28,30-33,36,47,59H,10,12-26,34H2,(H,60,67,69). The number of nitrogens with one attached hydrogen (secondary N) is 2. The van der Waals surface area contributed by atoms with Gasteiger partial charge in [-0.05, 0) is 104 Å².